The largest absolute Gasteiger partial charge is 0.437 e. The number of benzene rings is 5. The first kappa shape index (κ1) is 27.3. The molecule has 4 heteroatoms. The third-order valence-electron chi connectivity index (χ3n) is 9.08. The molecule has 0 spiro atoms. The Morgan fingerprint density at radius 3 is 2.24 bits per heavy atom. The second kappa shape index (κ2) is 10.4. The second-order valence-electron chi connectivity index (χ2n) is 12.7. The molecule has 45 heavy (non-hydrogen) atoms. The number of hydrogen-bond donors (Lipinski definition) is 0. The summed E-state index contributed by atoms with van der Waals surface area (Å²) in [6, 6.07) is 38.5. The maximum absolute atomic E-state index is 6.73. The first-order valence-corrected chi connectivity index (χ1v) is 15.8. The van der Waals surface area contributed by atoms with E-state index in [-0.39, 0.29) is 0 Å². The standard InChI is InChI=1S/C41H35N3O/c1-24(2)32-23-28-15-9-10-16-29(28)36(25(3)4)38(32)44-35-18-12-11-17-34(35)42-40(44)31-20-19-26(5)37-30-21-22-33(27-13-7-6-8-14-27)43-41(30)45-39(31)37/h6-25H,1-5H3. The van der Waals surface area contributed by atoms with Crippen LogP contribution in [0, 0.1) is 6.92 Å². The topological polar surface area (TPSA) is 43.9 Å². The van der Waals surface area contributed by atoms with E-state index < -0.39 is 0 Å². The van der Waals surface area contributed by atoms with Gasteiger partial charge in [-0.05, 0) is 82.6 Å². The molecule has 0 unspecified atom stereocenters. The summed E-state index contributed by atoms with van der Waals surface area (Å²) in [7, 11) is 0. The van der Waals surface area contributed by atoms with Crippen molar-refractivity contribution in [3.63, 3.8) is 0 Å². The zero-order valence-electron chi connectivity index (χ0n) is 26.3. The zero-order valence-corrected chi connectivity index (χ0v) is 26.3. The Balaban J connectivity index is 1.48. The van der Waals surface area contributed by atoms with Crippen LogP contribution in [0.15, 0.2) is 114 Å². The lowest BCUT2D eigenvalue weighted by Crippen LogP contribution is -2.09. The van der Waals surface area contributed by atoms with Crippen LogP contribution in [0.1, 0.15) is 56.2 Å². The molecular weight excluding hydrogens is 550 g/mol. The Bertz CT molecular complexity index is 2390. The number of hydrogen-bond acceptors (Lipinski definition) is 3. The Morgan fingerprint density at radius 2 is 1.44 bits per heavy atom. The maximum atomic E-state index is 6.73. The van der Waals surface area contributed by atoms with Crippen LogP contribution in [0.25, 0.3) is 72.2 Å². The summed E-state index contributed by atoms with van der Waals surface area (Å²) in [6.45, 7) is 11.3. The van der Waals surface area contributed by atoms with Crippen LogP contribution in [0.3, 0.4) is 0 Å². The zero-order chi connectivity index (χ0) is 30.8. The fourth-order valence-corrected chi connectivity index (χ4v) is 6.97. The molecule has 3 heterocycles. The van der Waals surface area contributed by atoms with E-state index in [2.05, 4.69) is 130 Å². The minimum atomic E-state index is 0.294. The van der Waals surface area contributed by atoms with Crippen molar-refractivity contribution in [1.29, 1.82) is 0 Å². The van der Waals surface area contributed by atoms with Crippen LogP contribution < -0.4 is 0 Å². The molecule has 8 rings (SSSR count). The molecule has 0 radical (unpaired) electrons. The van der Waals surface area contributed by atoms with Crippen LogP contribution in [0.2, 0.25) is 0 Å². The fourth-order valence-electron chi connectivity index (χ4n) is 6.97. The number of rotatable bonds is 5. The molecule has 0 aliphatic carbocycles. The monoisotopic (exact) mass is 585 g/mol. The fraction of sp³-hybridized carbons (Fsp3) is 0.171. The minimum Gasteiger partial charge on any atom is -0.437 e. The van der Waals surface area contributed by atoms with Crippen molar-refractivity contribution in [3.05, 3.63) is 126 Å². The number of fused-ring (bicyclic) bond motifs is 5. The highest BCUT2D eigenvalue weighted by Crippen LogP contribution is 2.44. The lowest BCUT2D eigenvalue weighted by Gasteiger charge is -2.25. The average Bonchev–Trinajstić information content (AvgIpc) is 3.63. The minimum absolute atomic E-state index is 0.294. The summed E-state index contributed by atoms with van der Waals surface area (Å²) >= 11 is 0. The van der Waals surface area contributed by atoms with Crippen LogP contribution in [0.4, 0.5) is 0 Å². The van der Waals surface area contributed by atoms with Gasteiger partial charge in [-0.25, -0.2) is 9.97 Å². The molecule has 0 atom stereocenters. The molecule has 5 aromatic carbocycles. The van der Waals surface area contributed by atoms with Gasteiger partial charge in [0.1, 0.15) is 11.4 Å². The SMILES string of the molecule is Cc1ccc(-c2nc3ccccc3n2-c2c(C(C)C)cc3ccccc3c2C(C)C)c2oc3nc(-c4ccccc4)ccc3c12. The summed E-state index contributed by atoms with van der Waals surface area (Å²) in [5.74, 6) is 1.48. The maximum Gasteiger partial charge on any atom is 0.227 e. The number of nitrogens with zero attached hydrogens (tertiary/aromatic N) is 3. The summed E-state index contributed by atoms with van der Waals surface area (Å²) in [6.07, 6.45) is 0. The van der Waals surface area contributed by atoms with E-state index in [0.29, 0.717) is 17.5 Å². The molecule has 0 saturated carbocycles. The van der Waals surface area contributed by atoms with Gasteiger partial charge < -0.3 is 4.42 Å². The van der Waals surface area contributed by atoms with Crippen molar-refractivity contribution in [1.82, 2.24) is 14.5 Å². The number of pyridine rings is 1. The molecule has 0 aliphatic heterocycles. The Labute approximate surface area is 263 Å². The van der Waals surface area contributed by atoms with Gasteiger partial charge in [-0.3, -0.25) is 4.57 Å². The van der Waals surface area contributed by atoms with Gasteiger partial charge in [0.2, 0.25) is 5.71 Å². The quantitative estimate of drug-likeness (QED) is 0.202. The Hall–Kier alpha value is -5.22. The first-order valence-electron chi connectivity index (χ1n) is 15.8. The van der Waals surface area contributed by atoms with Gasteiger partial charge in [0.25, 0.3) is 0 Å². The van der Waals surface area contributed by atoms with Gasteiger partial charge in [0.05, 0.1) is 28.0 Å². The lowest BCUT2D eigenvalue weighted by molar-refractivity contribution is 0.655. The van der Waals surface area contributed by atoms with Crippen molar-refractivity contribution in [3.8, 4) is 28.3 Å². The summed E-state index contributed by atoms with van der Waals surface area (Å²) in [4.78, 5) is 10.3. The molecule has 0 amide bonds. The van der Waals surface area contributed by atoms with E-state index >= 15 is 0 Å². The number of aromatic nitrogens is 3. The van der Waals surface area contributed by atoms with Crippen LogP contribution in [-0.2, 0) is 0 Å². The molecule has 0 saturated heterocycles. The number of furan rings is 1. The van der Waals surface area contributed by atoms with E-state index in [0.717, 1.165) is 55.6 Å². The van der Waals surface area contributed by atoms with Gasteiger partial charge >= 0.3 is 0 Å². The number of imidazole rings is 1. The molecule has 3 aromatic heterocycles. The highest BCUT2D eigenvalue weighted by molar-refractivity contribution is 6.10. The smallest absolute Gasteiger partial charge is 0.227 e. The molecule has 0 bridgehead atoms. The van der Waals surface area contributed by atoms with E-state index in [4.69, 9.17) is 14.4 Å². The molecule has 4 nitrogen and oxygen atoms in total. The van der Waals surface area contributed by atoms with Crippen molar-refractivity contribution >= 4 is 43.9 Å². The Kier molecular flexibility index (Phi) is 6.35. The number of aryl methyl sites for hydroxylation is 1. The van der Waals surface area contributed by atoms with E-state index in [1.54, 1.807) is 0 Å². The van der Waals surface area contributed by atoms with Gasteiger partial charge in [-0.2, -0.15) is 0 Å². The van der Waals surface area contributed by atoms with Crippen LogP contribution in [-0.4, -0.2) is 14.5 Å². The van der Waals surface area contributed by atoms with Crippen molar-refractivity contribution < 1.29 is 4.42 Å². The molecule has 0 N–H and O–H groups in total. The van der Waals surface area contributed by atoms with Gasteiger partial charge in [0, 0.05) is 16.3 Å². The highest BCUT2D eigenvalue weighted by atomic mass is 16.3. The number of para-hydroxylation sites is 2. The first-order chi connectivity index (χ1) is 21.9. The summed E-state index contributed by atoms with van der Waals surface area (Å²) in [5.41, 5.74) is 11.4. The molecule has 0 fully saturated rings. The van der Waals surface area contributed by atoms with E-state index in [1.807, 2.05) is 18.2 Å². The van der Waals surface area contributed by atoms with Gasteiger partial charge in [0.15, 0.2) is 0 Å². The van der Waals surface area contributed by atoms with Crippen LogP contribution in [0.5, 0.6) is 0 Å². The van der Waals surface area contributed by atoms with E-state index in [1.165, 1.54) is 27.6 Å². The third kappa shape index (κ3) is 4.27. The lowest BCUT2D eigenvalue weighted by atomic mass is 9.87. The van der Waals surface area contributed by atoms with Gasteiger partial charge in [-0.1, -0.05) is 100 Å². The average molecular weight is 586 g/mol. The predicted molar refractivity (Wildman–Crippen MR) is 187 cm³/mol. The van der Waals surface area contributed by atoms with Crippen molar-refractivity contribution in [2.45, 2.75) is 46.5 Å². The Morgan fingerprint density at radius 1 is 0.689 bits per heavy atom. The molecular formula is C41H35N3O. The third-order valence-corrected chi connectivity index (χ3v) is 9.08. The molecule has 220 valence electrons. The summed E-state index contributed by atoms with van der Waals surface area (Å²) < 4.78 is 9.12. The van der Waals surface area contributed by atoms with Gasteiger partial charge in [-0.15, -0.1) is 0 Å². The van der Waals surface area contributed by atoms with Crippen molar-refractivity contribution in [2.75, 3.05) is 0 Å². The summed E-state index contributed by atoms with van der Waals surface area (Å²) in [5, 5.41) is 4.66. The molecule has 8 aromatic rings. The van der Waals surface area contributed by atoms with Crippen molar-refractivity contribution in [2.24, 2.45) is 0 Å². The van der Waals surface area contributed by atoms with Crippen LogP contribution >= 0.6 is 0 Å². The second-order valence-corrected chi connectivity index (χ2v) is 12.7. The molecule has 0 aliphatic rings. The van der Waals surface area contributed by atoms with E-state index in [9.17, 15) is 0 Å². The normalized spacial score (nSPS) is 12.1. The predicted octanol–water partition coefficient (Wildman–Crippen LogP) is 11.4. The highest BCUT2D eigenvalue weighted by Gasteiger charge is 2.26.